The van der Waals surface area contributed by atoms with Crippen LogP contribution in [0.1, 0.15) is 38.2 Å². The van der Waals surface area contributed by atoms with E-state index in [0.717, 1.165) is 0 Å². The van der Waals surface area contributed by atoms with Gasteiger partial charge >= 0.3 is 0 Å². The predicted octanol–water partition coefficient (Wildman–Crippen LogP) is 3.09. The lowest BCUT2D eigenvalue weighted by atomic mass is 9.97. The monoisotopic (exact) mass is 180 g/mol. The van der Waals surface area contributed by atoms with Gasteiger partial charge in [0.05, 0.1) is 0 Å². The number of hydrogen-bond donors (Lipinski definition) is 0. The third kappa shape index (κ3) is 2.32. The van der Waals surface area contributed by atoms with Gasteiger partial charge in [0.1, 0.15) is 0 Å². The van der Waals surface area contributed by atoms with Crippen molar-refractivity contribution in [3.63, 3.8) is 0 Å². The summed E-state index contributed by atoms with van der Waals surface area (Å²) in [5, 5.41) is 1.35. The minimum Gasteiger partial charge on any atom is -0.105 e. The van der Waals surface area contributed by atoms with Gasteiger partial charge in [-0.05, 0) is 23.2 Å². The average Bonchev–Trinajstić information content (AvgIpc) is 2.05. The summed E-state index contributed by atoms with van der Waals surface area (Å²) >= 11 is 0. The van der Waals surface area contributed by atoms with Crippen LogP contribution in [0.5, 0.6) is 0 Å². The van der Waals surface area contributed by atoms with Gasteiger partial charge in [-0.3, -0.25) is 0 Å². The summed E-state index contributed by atoms with van der Waals surface area (Å²) < 4.78 is 0. The van der Waals surface area contributed by atoms with Crippen molar-refractivity contribution in [3.8, 4) is 0 Å². The molecule has 1 rings (SSSR count). The quantitative estimate of drug-likeness (QED) is 0.627. The van der Waals surface area contributed by atoms with Crippen LogP contribution in [-0.2, 0) is 0 Å². The fraction of sp³-hybridized carbons (Fsp3) is 0.455. The molecule has 0 aromatic heterocycles. The second kappa shape index (κ2) is 4.62. The Morgan fingerprint density at radius 3 is 2.58 bits per heavy atom. The minimum absolute atomic E-state index is 0.698. The van der Waals surface area contributed by atoms with Gasteiger partial charge in [0.25, 0.3) is 0 Å². The topological polar surface area (TPSA) is 0 Å². The van der Waals surface area contributed by atoms with Gasteiger partial charge in [-0.15, -0.1) is 9.24 Å². The van der Waals surface area contributed by atoms with Crippen molar-refractivity contribution in [1.82, 2.24) is 0 Å². The van der Waals surface area contributed by atoms with Crippen molar-refractivity contribution in [2.45, 2.75) is 32.6 Å². The van der Waals surface area contributed by atoms with Gasteiger partial charge in [0.15, 0.2) is 0 Å². The van der Waals surface area contributed by atoms with Gasteiger partial charge in [-0.2, -0.15) is 0 Å². The third-order valence-corrected chi connectivity index (χ3v) is 2.77. The van der Waals surface area contributed by atoms with Gasteiger partial charge in [0.2, 0.25) is 0 Å². The van der Waals surface area contributed by atoms with Crippen molar-refractivity contribution < 1.29 is 0 Å². The van der Waals surface area contributed by atoms with E-state index in [4.69, 9.17) is 0 Å². The summed E-state index contributed by atoms with van der Waals surface area (Å²) in [7, 11) is 2.81. The van der Waals surface area contributed by atoms with Crippen LogP contribution in [0.4, 0.5) is 0 Å². The number of benzene rings is 1. The fourth-order valence-corrected chi connectivity index (χ4v) is 2.04. The molecule has 1 aromatic carbocycles. The maximum Gasteiger partial charge on any atom is -0.0184 e. The van der Waals surface area contributed by atoms with Crippen molar-refractivity contribution in [3.05, 3.63) is 29.8 Å². The molecule has 1 heteroatoms. The Kier molecular flexibility index (Phi) is 3.75. The molecule has 0 saturated heterocycles. The lowest BCUT2D eigenvalue weighted by molar-refractivity contribution is 0.668. The van der Waals surface area contributed by atoms with E-state index in [1.165, 1.54) is 23.7 Å². The molecule has 0 N–H and O–H groups in total. The SMILES string of the molecule is CCCC(C)c1ccccc1P. The zero-order valence-electron chi connectivity index (χ0n) is 7.88. The van der Waals surface area contributed by atoms with Crippen LogP contribution in [0.3, 0.4) is 0 Å². The van der Waals surface area contributed by atoms with Crippen molar-refractivity contribution in [2.24, 2.45) is 0 Å². The average molecular weight is 180 g/mol. The minimum atomic E-state index is 0.698. The number of hydrogen-bond acceptors (Lipinski definition) is 0. The highest BCUT2D eigenvalue weighted by molar-refractivity contribution is 7.27. The molecular weight excluding hydrogens is 163 g/mol. The van der Waals surface area contributed by atoms with Crippen LogP contribution in [0.2, 0.25) is 0 Å². The molecule has 0 bridgehead atoms. The molecule has 0 aliphatic rings. The summed E-state index contributed by atoms with van der Waals surface area (Å²) in [4.78, 5) is 0. The molecule has 0 aliphatic heterocycles. The summed E-state index contributed by atoms with van der Waals surface area (Å²) in [6, 6.07) is 8.59. The van der Waals surface area contributed by atoms with E-state index in [-0.39, 0.29) is 0 Å². The van der Waals surface area contributed by atoms with Crippen LogP contribution in [0.15, 0.2) is 24.3 Å². The molecule has 0 saturated carbocycles. The first-order valence-electron chi connectivity index (χ1n) is 4.60. The molecule has 1 aromatic rings. The first-order valence-corrected chi connectivity index (χ1v) is 5.17. The van der Waals surface area contributed by atoms with Gasteiger partial charge in [-0.1, -0.05) is 44.5 Å². The smallest absolute Gasteiger partial charge is 0.0184 e. The Labute approximate surface area is 77.6 Å². The molecule has 0 aliphatic carbocycles. The fourth-order valence-electron chi connectivity index (χ4n) is 1.55. The van der Waals surface area contributed by atoms with E-state index in [0.29, 0.717) is 5.92 Å². The van der Waals surface area contributed by atoms with E-state index in [1.807, 2.05) is 0 Å². The van der Waals surface area contributed by atoms with Crippen LogP contribution in [-0.4, -0.2) is 0 Å². The summed E-state index contributed by atoms with van der Waals surface area (Å²) in [6.07, 6.45) is 2.55. The molecular formula is C11H17P. The van der Waals surface area contributed by atoms with Crippen molar-refractivity contribution in [2.75, 3.05) is 0 Å². The molecule has 2 unspecified atom stereocenters. The Balaban J connectivity index is 2.79. The maximum absolute atomic E-state index is 2.81. The van der Waals surface area contributed by atoms with Crippen molar-refractivity contribution >= 4 is 14.5 Å². The second-order valence-electron chi connectivity index (χ2n) is 3.32. The number of rotatable bonds is 3. The zero-order chi connectivity index (χ0) is 8.97. The predicted molar refractivity (Wildman–Crippen MR) is 59.1 cm³/mol. The van der Waals surface area contributed by atoms with Crippen LogP contribution in [0.25, 0.3) is 0 Å². The zero-order valence-corrected chi connectivity index (χ0v) is 9.03. The van der Waals surface area contributed by atoms with Gasteiger partial charge in [0, 0.05) is 0 Å². The first kappa shape index (κ1) is 9.74. The Bertz CT molecular complexity index is 243. The molecule has 12 heavy (non-hydrogen) atoms. The van der Waals surface area contributed by atoms with Crippen LogP contribution in [0, 0.1) is 0 Å². The molecule has 2 atom stereocenters. The first-order chi connectivity index (χ1) is 5.75. The van der Waals surface area contributed by atoms with E-state index >= 15 is 0 Å². The summed E-state index contributed by atoms with van der Waals surface area (Å²) in [5.74, 6) is 0.698. The lowest BCUT2D eigenvalue weighted by Gasteiger charge is -2.12. The van der Waals surface area contributed by atoms with Crippen molar-refractivity contribution in [1.29, 1.82) is 0 Å². The second-order valence-corrected chi connectivity index (χ2v) is 3.94. The summed E-state index contributed by atoms with van der Waals surface area (Å²) in [6.45, 7) is 4.54. The summed E-state index contributed by atoms with van der Waals surface area (Å²) in [5.41, 5.74) is 1.48. The molecule has 0 fully saturated rings. The molecule has 0 spiro atoms. The highest BCUT2D eigenvalue weighted by Gasteiger charge is 2.05. The van der Waals surface area contributed by atoms with Crippen LogP contribution < -0.4 is 5.30 Å². The Hall–Kier alpha value is -0.350. The maximum atomic E-state index is 2.81. The molecule has 66 valence electrons. The molecule has 0 heterocycles. The van der Waals surface area contributed by atoms with E-state index in [2.05, 4.69) is 47.4 Å². The lowest BCUT2D eigenvalue weighted by Crippen LogP contribution is -2.04. The van der Waals surface area contributed by atoms with Gasteiger partial charge in [-0.25, -0.2) is 0 Å². The molecule has 0 nitrogen and oxygen atoms in total. The molecule has 0 radical (unpaired) electrons. The highest BCUT2D eigenvalue weighted by Crippen LogP contribution is 2.19. The Morgan fingerprint density at radius 2 is 2.00 bits per heavy atom. The van der Waals surface area contributed by atoms with Crippen LogP contribution >= 0.6 is 9.24 Å². The van der Waals surface area contributed by atoms with E-state index in [9.17, 15) is 0 Å². The standard InChI is InChI=1S/C11H17P/c1-3-6-9(2)10-7-4-5-8-11(10)12/h4-5,7-9H,3,6,12H2,1-2H3. The van der Waals surface area contributed by atoms with E-state index < -0.39 is 0 Å². The normalized spacial score (nSPS) is 12.9. The van der Waals surface area contributed by atoms with Gasteiger partial charge < -0.3 is 0 Å². The molecule has 0 amide bonds. The van der Waals surface area contributed by atoms with E-state index in [1.54, 1.807) is 0 Å². The third-order valence-electron chi connectivity index (χ3n) is 2.25. The largest absolute Gasteiger partial charge is 0.105 e. The highest BCUT2D eigenvalue weighted by atomic mass is 31.0. The Morgan fingerprint density at radius 1 is 1.33 bits per heavy atom.